The summed E-state index contributed by atoms with van der Waals surface area (Å²) in [6.45, 7) is 3.53. The maximum absolute atomic E-state index is 11.3. The van der Waals surface area contributed by atoms with E-state index >= 15 is 0 Å². The second kappa shape index (κ2) is 3.49. The van der Waals surface area contributed by atoms with Crippen molar-refractivity contribution < 1.29 is 4.79 Å². The third-order valence-electron chi connectivity index (χ3n) is 1.12. The molecule has 0 saturated heterocycles. The summed E-state index contributed by atoms with van der Waals surface area (Å²) in [6, 6.07) is 0. The molecule has 1 rings (SSSR count). The van der Waals surface area contributed by atoms with Crippen molar-refractivity contribution in [1.29, 1.82) is 0 Å². The van der Waals surface area contributed by atoms with Crippen LogP contribution in [0.15, 0.2) is 5.51 Å². The zero-order valence-electron chi connectivity index (χ0n) is 6.67. The molecule has 0 aromatic carbocycles. The van der Waals surface area contributed by atoms with Gasteiger partial charge in [-0.3, -0.25) is 10.1 Å². The van der Waals surface area contributed by atoms with Crippen LogP contribution < -0.4 is 5.32 Å². The first kappa shape index (κ1) is 9.60. The number of alkyl halides is 1. The fraction of sp³-hybridized carbons (Fsp3) is 0.500. The van der Waals surface area contributed by atoms with Crippen molar-refractivity contribution in [3.8, 4) is 0 Å². The lowest BCUT2D eigenvalue weighted by atomic mass is 10.2. The minimum atomic E-state index is -0.571. The van der Waals surface area contributed by atoms with Crippen LogP contribution in [0.25, 0.3) is 0 Å². The largest absolute Gasteiger partial charge is 0.299 e. The number of anilines is 1. The van der Waals surface area contributed by atoms with Crippen molar-refractivity contribution in [2.75, 3.05) is 5.32 Å². The van der Waals surface area contributed by atoms with Crippen molar-refractivity contribution in [3.63, 3.8) is 0 Å². The third kappa shape index (κ3) is 2.53. The summed E-state index contributed by atoms with van der Waals surface area (Å²) in [6.07, 6.45) is 0. The monoisotopic (exact) mass is 249 g/mol. The number of hydrogen-bond acceptors (Lipinski definition) is 4. The lowest BCUT2D eigenvalue weighted by Crippen LogP contribution is -2.30. The number of hydrogen-bond donors (Lipinski definition) is 1. The quantitative estimate of drug-likeness (QED) is 0.812. The molecule has 0 spiro atoms. The Morgan fingerprint density at radius 2 is 2.42 bits per heavy atom. The van der Waals surface area contributed by atoms with Crippen molar-refractivity contribution in [2.45, 2.75) is 18.2 Å². The highest BCUT2D eigenvalue weighted by Gasteiger charge is 2.24. The van der Waals surface area contributed by atoms with Crippen LogP contribution in [0, 0.1) is 0 Å². The SMILES string of the molecule is CC(C)(Br)C(=O)Nc1nncs1. The first-order valence-corrected chi connectivity index (χ1v) is 4.94. The molecule has 0 fully saturated rings. The van der Waals surface area contributed by atoms with Gasteiger partial charge in [0.05, 0.1) is 4.32 Å². The summed E-state index contributed by atoms with van der Waals surface area (Å²) in [4.78, 5) is 11.3. The molecule has 1 amide bonds. The van der Waals surface area contributed by atoms with Crippen molar-refractivity contribution in [1.82, 2.24) is 10.2 Å². The maximum Gasteiger partial charge on any atom is 0.242 e. The van der Waals surface area contributed by atoms with Gasteiger partial charge in [0.25, 0.3) is 0 Å². The number of nitrogens with zero attached hydrogens (tertiary/aromatic N) is 2. The van der Waals surface area contributed by atoms with Gasteiger partial charge in [-0.15, -0.1) is 10.2 Å². The fourth-order valence-electron chi connectivity index (χ4n) is 0.473. The summed E-state index contributed by atoms with van der Waals surface area (Å²) in [7, 11) is 0. The number of rotatable bonds is 2. The van der Waals surface area contributed by atoms with E-state index in [1.54, 1.807) is 19.4 Å². The normalized spacial score (nSPS) is 11.2. The maximum atomic E-state index is 11.3. The molecule has 66 valence electrons. The van der Waals surface area contributed by atoms with Crippen molar-refractivity contribution >= 4 is 38.3 Å². The summed E-state index contributed by atoms with van der Waals surface area (Å²) in [5.74, 6) is -0.126. The highest BCUT2D eigenvalue weighted by Crippen LogP contribution is 2.19. The molecule has 0 saturated carbocycles. The summed E-state index contributed by atoms with van der Waals surface area (Å²) in [5, 5.41) is 10.4. The highest BCUT2D eigenvalue weighted by atomic mass is 79.9. The van der Waals surface area contributed by atoms with Crippen LogP contribution in [0.5, 0.6) is 0 Å². The molecule has 0 bridgehead atoms. The molecule has 1 aromatic heterocycles. The zero-order chi connectivity index (χ0) is 9.19. The average molecular weight is 250 g/mol. The molecular formula is C6H8BrN3OS. The minimum Gasteiger partial charge on any atom is -0.299 e. The van der Waals surface area contributed by atoms with Gasteiger partial charge < -0.3 is 0 Å². The summed E-state index contributed by atoms with van der Waals surface area (Å²) >= 11 is 4.53. The Balaban J connectivity index is 2.60. The highest BCUT2D eigenvalue weighted by molar-refractivity contribution is 9.10. The molecule has 1 heterocycles. The Kier molecular flexibility index (Phi) is 2.79. The van der Waals surface area contributed by atoms with Crippen LogP contribution in [-0.4, -0.2) is 20.4 Å². The molecule has 1 N–H and O–H groups in total. The predicted molar refractivity (Wildman–Crippen MR) is 51.5 cm³/mol. The molecule has 12 heavy (non-hydrogen) atoms. The molecule has 0 unspecified atom stereocenters. The Bertz CT molecular complexity index is 267. The second-order valence-electron chi connectivity index (χ2n) is 2.67. The first-order chi connectivity index (χ1) is 5.50. The van der Waals surface area contributed by atoms with Crippen molar-refractivity contribution in [3.05, 3.63) is 5.51 Å². The number of amides is 1. The zero-order valence-corrected chi connectivity index (χ0v) is 9.07. The summed E-state index contributed by atoms with van der Waals surface area (Å²) < 4.78 is -0.571. The van der Waals surface area contributed by atoms with Gasteiger partial charge in [0.15, 0.2) is 0 Å². The Hall–Kier alpha value is -0.490. The molecule has 0 aliphatic heterocycles. The Morgan fingerprint density at radius 1 is 1.75 bits per heavy atom. The van der Waals surface area contributed by atoms with Gasteiger partial charge in [0, 0.05) is 0 Å². The third-order valence-corrected chi connectivity index (χ3v) is 2.09. The van der Waals surface area contributed by atoms with E-state index in [2.05, 4.69) is 31.4 Å². The topological polar surface area (TPSA) is 54.9 Å². The number of nitrogens with one attached hydrogen (secondary N) is 1. The van der Waals surface area contributed by atoms with Crippen LogP contribution in [0.3, 0.4) is 0 Å². The van der Waals surface area contributed by atoms with E-state index in [1.807, 2.05) is 0 Å². The van der Waals surface area contributed by atoms with E-state index in [1.165, 1.54) is 11.3 Å². The van der Waals surface area contributed by atoms with E-state index in [4.69, 9.17) is 0 Å². The van der Waals surface area contributed by atoms with Crippen LogP contribution in [-0.2, 0) is 4.79 Å². The van der Waals surface area contributed by atoms with Gasteiger partial charge >= 0.3 is 0 Å². The second-order valence-corrected chi connectivity index (χ2v) is 5.49. The summed E-state index contributed by atoms with van der Waals surface area (Å²) in [5.41, 5.74) is 1.57. The van der Waals surface area contributed by atoms with E-state index in [-0.39, 0.29) is 5.91 Å². The molecule has 1 aromatic rings. The first-order valence-electron chi connectivity index (χ1n) is 3.26. The van der Waals surface area contributed by atoms with Crippen LogP contribution in [0.2, 0.25) is 0 Å². The number of carbonyl (C=O) groups is 1. The lowest BCUT2D eigenvalue weighted by Gasteiger charge is -2.13. The van der Waals surface area contributed by atoms with E-state index < -0.39 is 4.32 Å². The number of aromatic nitrogens is 2. The Labute approximate surface area is 82.5 Å². The van der Waals surface area contributed by atoms with Gasteiger partial charge in [-0.2, -0.15) is 0 Å². The van der Waals surface area contributed by atoms with Gasteiger partial charge in [0.2, 0.25) is 11.0 Å². The Morgan fingerprint density at radius 3 is 2.83 bits per heavy atom. The molecule has 0 aliphatic rings. The van der Waals surface area contributed by atoms with Crippen LogP contribution in [0.4, 0.5) is 5.13 Å². The van der Waals surface area contributed by atoms with Crippen LogP contribution in [0.1, 0.15) is 13.8 Å². The number of carbonyl (C=O) groups excluding carboxylic acids is 1. The van der Waals surface area contributed by atoms with Gasteiger partial charge in [-0.05, 0) is 13.8 Å². The van der Waals surface area contributed by atoms with E-state index in [0.29, 0.717) is 5.13 Å². The van der Waals surface area contributed by atoms with Crippen LogP contribution >= 0.6 is 27.3 Å². The van der Waals surface area contributed by atoms with Gasteiger partial charge in [0.1, 0.15) is 5.51 Å². The molecule has 6 heteroatoms. The number of halogens is 1. The fourth-order valence-corrected chi connectivity index (χ4v) is 1.01. The molecule has 0 atom stereocenters. The predicted octanol–water partition coefficient (Wildman–Crippen LogP) is 1.65. The van der Waals surface area contributed by atoms with Gasteiger partial charge in [-0.1, -0.05) is 27.3 Å². The lowest BCUT2D eigenvalue weighted by molar-refractivity contribution is -0.117. The minimum absolute atomic E-state index is 0.126. The van der Waals surface area contributed by atoms with Gasteiger partial charge in [-0.25, -0.2) is 0 Å². The molecule has 4 nitrogen and oxygen atoms in total. The van der Waals surface area contributed by atoms with E-state index in [0.717, 1.165) is 0 Å². The smallest absolute Gasteiger partial charge is 0.242 e. The molecular weight excluding hydrogens is 242 g/mol. The molecule has 0 aliphatic carbocycles. The average Bonchev–Trinajstić information content (AvgIpc) is 2.37. The van der Waals surface area contributed by atoms with Crippen molar-refractivity contribution in [2.24, 2.45) is 0 Å². The van der Waals surface area contributed by atoms with E-state index in [9.17, 15) is 4.79 Å². The molecule has 0 radical (unpaired) electrons. The standard InChI is InChI=1S/C6H8BrN3OS/c1-6(2,7)4(11)9-5-10-8-3-12-5/h3H,1-2H3,(H,9,10,11).